The predicted octanol–water partition coefficient (Wildman–Crippen LogP) is 1.58. The summed E-state index contributed by atoms with van der Waals surface area (Å²) in [6.07, 6.45) is 4.73. The second-order valence-electron chi connectivity index (χ2n) is 6.59. The molecular weight excluding hydrogens is 290 g/mol. The normalized spacial score (nSPS) is 23.0. The summed E-state index contributed by atoms with van der Waals surface area (Å²) in [7, 11) is 2.10. The smallest absolute Gasteiger partial charge is 0.239 e. The molecule has 23 heavy (non-hydrogen) atoms. The van der Waals surface area contributed by atoms with Crippen LogP contribution in [0.4, 0.5) is 5.69 Å². The Hall–Kier alpha value is -2.08. The molecule has 0 saturated carbocycles. The number of nitrogens with one attached hydrogen (secondary N) is 1. The van der Waals surface area contributed by atoms with E-state index in [2.05, 4.69) is 28.8 Å². The highest BCUT2D eigenvalue weighted by Gasteiger charge is 2.32. The maximum absolute atomic E-state index is 12.2. The zero-order valence-electron chi connectivity index (χ0n) is 14.0. The molecule has 3 rings (SSSR count). The van der Waals surface area contributed by atoms with Crippen LogP contribution in [-0.2, 0) is 4.79 Å². The Morgan fingerprint density at radius 1 is 1.52 bits per heavy atom. The molecule has 124 valence electrons. The molecule has 2 aromatic rings. The quantitative estimate of drug-likeness (QED) is 0.901. The van der Waals surface area contributed by atoms with Gasteiger partial charge in [-0.05, 0) is 31.4 Å². The molecule has 6 nitrogen and oxygen atoms in total. The number of anilines is 1. The van der Waals surface area contributed by atoms with Crippen molar-refractivity contribution < 1.29 is 4.79 Å². The van der Waals surface area contributed by atoms with Crippen molar-refractivity contribution >= 4 is 22.6 Å². The zero-order valence-corrected chi connectivity index (χ0v) is 14.0. The molecule has 1 amide bonds. The van der Waals surface area contributed by atoms with Crippen molar-refractivity contribution in [1.82, 2.24) is 14.9 Å². The van der Waals surface area contributed by atoms with Gasteiger partial charge in [0, 0.05) is 49.6 Å². The van der Waals surface area contributed by atoms with E-state index in [-0.39, 0.29) is 11.9 Å². The van der Waals surface area contributed by atoms with Crippen LogP contribution in [0.2, 0.25) is 0 Å². The van der Waals surface area contributed by atoms with Crippen LogP contribution in [0, 0.1) is 5.92 Å². The van der Waals surface area contributed by atoms with Crippen LogP contribution in [0.1, 0.15) is 20.3 Å². The number of nitrogens with zero attached hydrogens (tertiary/aromatic N) is 3. The van der Waals surface area contributed by atoms with Gasteiger partial charge in [-0.2, -0.15) is 0 Å². The molecule has 1 saturated heterocycles. The Morgan fingerprint density at radius 3 is 3.04 bits per heavy atom. The largest absolute Gasteiger partial charge is 0.369 e. The molecular formula is C17H25N5O. The first-order valence-corrected chi connectivity index (χ1v) is 8.18. The van der Waals surface area contributed by atoms with Crippen LogP contribution >= 0.6 is 0 Å². The highest BCUT2D eigenvalue weighted by atomic mass is 16.2. The van der Waals surface area contributed by atoms with Gasteiger partial charge in [-0.25, -0.2) is 4.98 Å². The van der Waals surface area contributed by atoms with Crippen molar-refractivity contribution in [2.75, 3.05) is 25.0 Å². The van der Waals surface area contributed by atoms with Crippen molar-refractivity contribution in [2.45, 2.75) is 32.4 Å². The number of nitrogens with two attached hydrogens (primary N) is 1. The van der Waals surface area contributed by atoms with E-state index in [9.17, 15) is 4.79 Å². The maximum atomic E-state index is 12.2. The number of carbonyl (C=O) groups excluding carboxylic acids is 1. The topological polar surface area (TPSA) is 78.2 Å². The average molecular weight is 315 g/mol. The lowest BCUT2D eigenvalue weighted by atomic mass is 9.91. The van der Waals surface area contributed by atoms with E-state index in [1.165, 1.54) is 0 Å². The van der Waals surface area contributed by atoms with Gasteiger partial charge in [0.25, 0.3) is 0 Å². The SMILES string of the molecule is C[C@@H]1CCN(C(=O)[C@@H](C)N)CC1N(C)c1ccnc2[nH]ccc12. The van der Waals surface area contributed by atoms with Crippen molar-refractivity contribution in [3.05, 3.63) is 24.5 Å². The molecule has 2 aromatic heterocycles. The van der Waals surface area contributed by atoms with Gasteiger partial charge in [-0.15, -0.1) is 0 Å². The molecule has 6 heteroatoms. The van der Waals surface area contributed by atoms with Crippen molar-refractivity contribution in [2.24, 2.45) is 11.7 Å². The lowest BCUT2D eigenvalue weighted by molar-refractivity contribution is -0.133. The lowest BCUT2D eigenvalue weighted by Gasteiger charge is -2.43. The number of hydrogen-bond acceptors (Lipinski definition) is 4. The molecule has 0 aromatic carbocycles. The molecule has 0 bridgehead atoms. The fourth-order valence-corrected chi connectivity index (χ4v) is 3.47. The molecule has 0 radical (unpaired) electrons. The molecule has 1 aliphatic heterocycles. The number of hydrogen-bond donors (Lipinski definition) is 2. The number of H-pyrrole nitrogens is 1. The molecule has 3 N–H and O–H groups in total. The number of likely N-dealkylation sites (N-methyl/N-ethyl adjacent to an activating group) is 1. The van der Waals surface area contributed by atoms with Crippen molar-refractivity contribution in [3.8, 4) is 0 Å². The minimum absolute atomic E-state index is 0.0387. The second kappa shape index (κ2) is 6.20. The van der Waals surface area contributed by atoms with Gasteiger partial charge in [0.2, 0.25) is 5.91 Å². The summed E-state index contributed by atoms with van der Waals surface area (Å²) in [5.41, 5.74) is 7.81. The number of rotatable bonds is 3. The molecule has 1 unspecified atom stereocenters. The number of amides is 1. The first kappa shape index (κ1) is 15.8. The van der Waals surface area contributed by atoms with Crippen LogP contribution in [0.25, 0.3) is 11.0 Å². The summed E-state index contributed by atoms with van der Waals surface area (Å²) >= 11 is 0. The summed E-state index contributed by atoms with van der Waals surface area (Å²) in [6.45, 7) is 5.52. The standard InChI is InChI=1S/C17H25N5O/c1-11-6-9-22(17(23)12(2)18)10-15(11)21(3)14-5-8-20-16-13(14)4-7-19-16/h4-5,7-8,11-12,15H,6,9-10,18H2,1-3H3,(H,19,20)/t11-,12-,15?/m1/s1. The van der Waals surface area contributed by atoms with Crippen LogP contribution in [0.15, 0.2) is 24.5 Å². The number of piperidine rings is 1. The fourth-order valence-electron chi connectivity index (χ4n) is 3.47. The number of carbonyl (C=O) groups is 1. The van der Waals surface area contributed by atoms with Crippen LogP contribution < -0.4 is 10.6 Å². The van der Waals surface area contributed by atoms with Gasteiger partial charge in [0.1, 0.15) is 5.65 Å². The Balaban J connectivity index is 1.86. The lowest BCUT2D eigenvalue weighted by Crippen LogP contribution is -2.55. The highest BCUT2D eigenvalue weighted by molar-refractivity contribution is 5.89. The van der Waals surface area contributed by atoms with Crippen LogP contribution in [-0.4, -0.2) is 53.0 Å². The van der Waals surface area contributed by atoms with Gasteiger partial charge in [-0.1, -0.05) is 6.92 Å². The Bertz CT molecular complexity index is 695. The average Bonchev–Trinajstić information content (AvgIpc) is 3.02. The summed E-state index contributed by atoms with van der Waals surface area (Å²) in [4.78, 5) is 23.9. The minimum Gasteiger partial charge on any atom is -0.369 e. The maximum Gasteiger partial charge on any atom is 0.239 e. The summed E-state index contributed by atoms with van der Waals surface area (Å²) in [5.74, 6) is 0.552. The van der Waals surface area contributed by atoms with E-state index in [0.29, 0.717) is 12.5 Å². The van der Waals surface area contributed by atoms with E-state index in [4.69, 9.17) is 5.73 Å². The van der Waals surface area contributed by atoms with E-state index >= 15 is 0 Å². The number of likely N-dealkylation sites (tertiary alicyclic amines) is 1. The van der Waals surface area contributed by atoms with E-state index < -0.39 is 6.04 Å². The molecule has 0 aliphatic carbocycles. The molecule has 3 atom stereocenters. The summed E-state index contributed by atoms with van der Waals surface area (Å²) < 4.78 is 0. The number of pyridine rings is 1. The van der Waals surface area contributed by atoms with Crippen molar-refractivity contribution in [1.29, 1.82) is 0 Å². The summed E-state index contributed by atoms with van der Waals surface area (Å²) in [6, 6.07) is 3.92. The predicted molar refractivity (Wildman–Crippen MR) is 92.3 cm³/mol. The van der Waals surface area contributed by atoms with E-state index in [1.54, 1.807) is 6.92 Å². The molecule has 1 aliphatic rings. The minimum atomic E-state index is -0.438. The van der Waals surface area contributed by atoms with Crippen LogP contribution in [0.5, 0.6) is 0 Å². The number of fused-ring (bicyclic) bond motifs is 1. The van der Waals surface area contributed by atoms with Gasteiger partial charge in [0.05, 0.1) is 6.04 Å². The van der Waals surface area contributed by atoms with Gasteiger partial charge >= 0.3 is 0 Å². The zero-order chi connectivity index (χ0) is 16.6. The number of aromatic amines is 1. The van der Waals surface area contributed by atoms with E-state index in [1.807, 2.05) is 29.4 Å². The Kier molecular flexibility index (Phi) is 4.26. The molecule has 1 fully saturated rings. The Morgan fingerprint density at radius 2 is 2.30 bits per heavy atom. The molecule has 3 heterocycles. The van der Waals surface area contributed by atoms with Gasteiger partial charge < -0.3 is 20.5 Å². The Labute approximate surface area is 136 Å². The van der Waals surface area contributed by atoms with E-state index in [0.717, 1.165) is 29.7 Å². The third kappa shape index (κ3) is 2.91. The van der Waals surface area contributed by atoms with Gasteiger partial charge in [-0.3, -0.25) is 4.79 Å². The first-order chi connectivity index (χ1) is 11.0. The van der Waals surface area contributed by atoms with Crippen molar-refractivity contribution in [3.63, 3.8) is 0 Å². The highest BCUT2D eigenvalue weighted by Crippen LogP contribution is 2.30. The molecule has 0 spiro atoms. The fraction of sp³-hybridized carbons (Fsp3) is 0.529. The third-order valence-electron chi connectivity index (χ3n) is 4.93. The second-order valence-corrected chi connectivity index (χ2v) is 6.59. The monoisotopic (exact) mass is 315 g/mol. The summed E-state index contributed by atoms with van der Waals surface area (Å²) in [5, 5.41) is 1.11. The third-order valence-corrected chi connectivity index (χ3v) is 4.93. The van der Waals surface area contributed by atoms with Crippen LogP contribution in [0.3, 0.4) is 0 Å². The number of aromatic nitrogens is 2. The van der Waals surface area contributed by atoms with Gasteiger partial charge in [0.15, 0.2) is 0 Å². The first-order valence-electron chi connectivity index (χ1n) is 8.18.